The van der Waals surface area contributed by atoms with E-state index in [2.05, 4.69) is 17.3 Å². The van der Waals surface area contributed by atoms with Crippen molar-refractivity contribution in [3.05, 3.63) is 17.5 Å². The molecule has 1 heterocycles. The van der Waals surface area contributed by atoms with Gasteiger partial charge in [-0.15, -0.1) is 0 Å². The average Bonchev–Trinajstić information content (AvgIpc) is 2.54. The van der Waals surface area contributed by atoms with E-state index in [0.29, 0.717) is 0 Å². The van der Waals surface area contributed by atoms with Crippen molar-refractivity contribution in [1.82, 2.24) is 15.1 Å². The van der Waals surface area contributed by atoms with Gasteiger partial charge >= 0.3 is 0 Å². The standard InChI is InChI=1S/C11H21N3O/c1-10-11(9-13-14(10)2)8-12-6-4-5-7-15-3/h9,12H,4-8H2,1-3H3. The molecule has 1 rings (SSSR count). The van der Waals surface area contributed by atoms with Crippen molar-refractivity contribution in [3.8, 4) is 0 Å². The Morgan fingerprint density at radius 1 is 1.47 bits per heavy atom. The van der Waals surface area contributed by atoms with Gasteiger partial charge in [-0.3, -0.25) is 4.68 Å². The molecule has 86 valence electrons. The van der Waals surface area contributed by atoms with Gasteiger partial charge in [-0.05, 0) is 26.3 Å². The van der Waals surface area contributed by atoms with Gasteiger partial charge in [-0.25, -0.2) is 0 Å². The maximum atomic E-state index is 4.99. The quantitative estimate of drug-likeness (QED) is 0.690. The first kappa shape index (κ1) is 12.2. The molecule has 0 radical (unpaired) electrons. The van der Waals surface area contributed by atoms with Gasteiger partial charge in [0.15, 0.2) is 0 Å². The number of unbranched alkanes of at least 4 members (excludes halogenated alkanes) is 1. The molecule has 0 atom stereocenters. The van der Waals surface area contributed by atoms with Gasteiger partial charge in [-0.2, -0.15) is 5.10 Å². The van der Waals surface area contributed by atoms with Gasteiger partial charge in [0.1, 0.15) is 0 Å². The van der Waals surface area contributed by atoms with Crippen LogP contribution in [0.4, 0.5) is 0 Å². The molecule has 4 nitrogen and oxygen atoms in total. The van der Waals surface area contributed by atoms with Crippen molar-refractivity contribution in [3.63, 3.8) is 0 Å². The van der Waals surface area contributed by atoms with E-state index in [1.807, 2.05) is 17.9 Å². The monoisotopic (exact) mass is 211 g/mol. The molecule has 0 saturated heterocycles. The highest BCUT2D eigenvalue weighted by atomic mass is 16.5. The zero-order valence-electron chi connectivity index (χ0n) is 9.92. The van der Waals surface area contributed by atoms with Crippen LogP contribution in [0, 0.1) is 6.92 Å². The molecule has 0 bridgehead atoms. The normalized spacial score (nSPS) is 10.9. The van der Waals surface area contributed by atoms with Crippen LogP contribution in [-0.2, 0) is 18.3 Å². The molecule has 0 aliphatic carbocycles. The predicted molar refractivity (Wildman–Crippen MR) is 60.8 cm³/mol. The Morgan fingerprint density at radius 3 is 2.87 bits per heavy atom. The van der Waals surface area contributed by atoms with Crippen LogP contribution in [0.25, 0.3) is 0 Å². The lowest BCUT2D eigenvalue weighted by molar-refractivity contribution is 0.192. The number of ether oxygens (including phenoxy) is 1. The highest BCUT2D eigenvalue weighted by Crippen LogP contribution is 2.04. The smallest absolute Gasteiger partial charge is 0.0537 e. The molecule has 1 aromatic rings. The Balaban J connectivity index is 2.12. The van der Waals surface area contributed by atoms with Crippen molar-refractivity contribution in [1.29, 1.82) is 0 Å². The van der Waals surface area contributed by atoms with E-state index in [1.165, 1.54) is 11.3 Å². The van der Waals surface area contributed by atoms with Gasteiger partial charge in [-0.1, -0.05) is 0 Å². The Hall–Kier alpha value is -0.870. The fraction of sp³-hybridized carbons (Fsp3) is 0.727. The fourth-order valence-electron chi connectivity index (χ4n) is 1.44. The van der Waals surface area contributed by atoms with E-state index >= 15 is 0 Å². The van der Waals surface area contributed by atoms with E-state index in [4.69, 9.17) is 4.74 Å². The molecule has 0 aromatic carbocycles. The molecule has 0 saturated carbocycles. The predicted octanol–water partition coefficient (Wildman–Crippen LogP) is 1.24. The number of nitrogens with one attached hydrogen (secondary N) is 1. The van der Waals surface area contributed by atoms with Crippen molar-refractivity contribution in [2.24, 2.45) is 7.05 Å². The molecule has 1 aromatic heterocycles. The van der Waals surface area contributed by atoms with Gasteiger partial charge in [0.2, 0.25) is 0 Å². The Kier molecular flexibility index (Phi) is 5.36. The van der Waals surface area contributed by atoms with E-state index in [0.717, 1.165) is 32.5 Å². The second-order valence-electron chi connectivity index (χ2n) is 3.76. The number of aromatic nitrogens is 2. The van der Waals surface area contributed by atoms with Crippen LogP contribution in [0.15, 0.2) is 6.20 Å². The molecule has 0 aliphatic heterocycles. The van der Waals surface area contributed by atoms with Crippen molar-refractivity contribution in [2.45, 2.75) is 26.3 Å². The summed E-state index contributed by atoms with van der Waals surface area (Å²) in [5.74, 6) is 0. The minimum atomic E-state index is 0.855. The minimum Gasteiger partial charge on any atom is -0.385 e. The first-order valence-corrected chi connectivity index (χ1v) is 5.43. The molecule has 0 fully saturated rings. The van der Waals surface area contributed by atoms with E-state index in [-0.39, 0.29) is 0 Å². The average molecular weight is 211 g/mol. The maximum absolute atomic E-state index is 4.99. The number of methoxy groups -OCH3 is 1. The topological polar surface area (TPSA) is 39.1 Å². The van der Waals surface area contributed by atoms with Gasteiger partial charge in [0.25, 0.3) is 0 Å². The molecule has 1 N–H and O–H groups in total. The van der Waals surface area contributed by atoms with Crippen LogP contribution in [-0.4, -0.2) is 30.0 Å². The first-order chi connectivity index (χ1) is 7.25. The third kappa shape index (κ3) is 4.01. The first-order valence-electron chi connectivity index (χ1n) is 5.43. The Labute approximate surface area is 91.6 Å². The highest BCUT2D eigenvalue weighted by Gasteiger charge is 2.01. The minimum absolute atomic E-state index is 0.855. The summed E-state index contributed by atoms with van der Waals surface area (Å²) in [6.07, 6.45) is 4.21. The molecular weight excluding hydrogens is 190 g/mol. The summed E-state index contributed by atoms with van der Waals surface area (Å²) in [4.78, 5) is 0. The summed E-state index contributed by atoms with van der Waals surface area (Å²) in [5.41, 5.74) is 2.52. The van der Waals surface area contributed by atoms with Crippen LogP contribution in [0.3, 0.4) is 0 Å². The van der Waals surface area contributed by atoms with E-state index in [9.17, 15) is 0 Å². The maximum Gasteiger partial charge on any atom is 0.0537 e. The lowest BCUT2D eigenvalue weighted by atomic mass is 10.2. The Bertz CT molecular complexity index is 283. The molecule has 0 spiro atoms. The van der Waals surface area contributed by atoms with Gasteiger partial charge in [0.05, 0.1) is 6.20 Å². The van der Waals surface area contributed by atoms with E-state index < -0.39 is 0 Å². The summed E-state index contributed by atoms with van der Waals surface area (Å²) in [5, 5.41) is 7.61. The van der Waals surface area contributed by atoms with Crippen LogP contribution < -0.4 is 5.32 Å². The SMILES string of the molecule is COCCCCNCc1cnn(C)c1C. The fourth-order valence-corrected chi connectivity index (χ4v) is 1.44. The lowest BCUT2D eigenvalue weighted by Crippen LogP contribution is -2.15. The third-order valence-corrected chi connectivity index (χ3v) is 2.60. The van der Waals surface area contributed by atoms with Gasteiger partial charge < -0.3 is 10.1 Å². The zero-order chi connectivity index (χ0) is 11.1. The molecule has 0 amide bonds. The summed E-state index contributed by atoms with van der Waals surface area (Å²) in [7, 11) is 3.71. The Morgan fingerprint density at radius 2 is 2.27 bits per heavy atom. The van der Waals surface area contributed by atoms with Crippen molar-refractivity contribution >= 4 is 0 Å². The number of aryl methyl sites for hydroxylation is 1. The zero-order valence-corrected chi connectivity index (χ0v) is 9.92. The lowest BCUT2D eigenvalue weighted by Gasteiger charge is -2.04. The number of hydrogen-bond donors (Lipinski definition) is 1. The summed E-state index contributed by atoms with van der Waals surface area (Å²) in [6.45, 7) is 4.90. The van der Waals surface area contributed by atoms with Crippen LogP contribution in [0.5, 0.6) is 0 Å². The van der Waals surface area contributed by atoms with Crippen molar-refractivity contribution < 1.29 is 4.74 Å². The molecule has 15 heavy (non-hydrogen) atoms. The van der Waals surface area contributed by atoms with Crippen LogP contribution in [0.2, 0.25) is 0 Å². The number of nitrogens with zero attached hydrogens (tertiary/aromatic N) is 2. The third-order valence-electron chi connectivity index (χ3n) is 2.60. The van der Waals surface area contributed by atoms with Crippen LogP contribution >= 0.6 is 0 Å². The van der Waals surface area contributed by atoms with Crippen molar-refractivity contribution in [2.75, 3.05) is 20.3 Å². The number of hydrogen-bond acceptors (Lipinski definition) is 3. The largest absolute Gasteiger partial charge is 0.385 e. The summed E-state index contributed by atoms with van der Waals surface area (Å²) >= 11 is 0. The van der Waals surface area contributed by atoms with E-state index in [1.54, 1.807) is 7.11 Å². The summed E-state index contributed by atoms with van der Waals surface area (Å²) in [6, 6.07) is 0. The highest BCUT2D eigenvalue weighted by molar-refractivity contribution is 5.15. The second-order valence-corrected chi connectivity index (χ2v) is 3.76. The molecule has 0 unspecified atom stereocenters. The number of rotatable bonds is 7. The molecule has 0 aliphatic rings. The molecule has 4 heteroatoms. The molecular formula is C11H21N3O. The van der Waals surface area contributed by atoms with Crippen LogP contribution in [0.1, 0.15) is 24.1 Å². The van der Waals surface area contributed by atoms with Gasteiger partial charge in [0, 0.05) is 38.6 Å². The second kappa shape index (κ2) is 6.58. The summed E-state index contributed by atoms with van der Waals surface area (Å²) < 4.78 is 6.89.